The third kappa shape index (κ3) is 14.5. The maximum atomic E-state index is 13.8. The minimum Gasteiger partial charge on any atom is -0.469 e. The van der Waals surface area contributed by atoms with Crippen LogP contribution in [0.15, 0.2) is 18.2 Å². The molecule has 0 aromatic heterocycles. The van der Waals surface area contributed by atoms with Crippen LogP contribution in [0.5, 0.6) is 0 Å². The second-order valence-corrected chi connectivity index (χ2v) is 10.8. The number of benzene rings is 1. The van der Waals surface area contributed by atoms with Crippen molar-refractivity contribution in [2.75, 3.05) is 13.7 Å². The van der Waals surface area contributed by atoms with E-state index in [0.717, 1.165) is 12.5 Å². The molecule has 4 N–H and O–H groups in total. The lowest BCUT2D eigenvalue weighted by Gasteiger charge is -2.23. The summed E-state index contributed by atoms with van der Waals surface area (Å²) in [5.41, 5.74) is -0.125. The third-order valence-corrected chi connectivity index (χ3v) is 5.84. The van der Waals surface area contributed by atoms with E-state index in [1.165, 1.54) is 20.1 Å². The Morgan fingerprint density at radius 2 is 1.52 bits per heavy atom. The number of rotatable bonds is 16. The summed E-state index contributed by atoms with van der Waals surface area (Å²) in [6.07, 6.45) is 2.68. The van der Waals surface area contributed by atoms with Crippen LogP contribution in [0.2, 0.25) is 0 Å². The van der Waals surface area contributed by atoms with Crippen LogP contribution in [0, 0.1) is 17.0 Å². The van der Waals surface area contributed by atoms with Gasteiger partial charge in [0.15, 0.2) is 0 Å². The molecule has 0 heterocycles. The first kappa shape index (κ1) is 34.5. The van der Waals surface area contributed by atoms with E-state index in [1.807, 2.05) is 20.8 Å². The lowest BCUT2D eigenvalue weighted by molar-refractivity contribution is -0.140. The summed E-state index contributed by atoms with van der Waals surface area (Å²) in [6.45, 7) is 7.34. The van der Waals surface area contributed by atoms with Gasteiger partial charge in [0.05, 0.1) is 13.5 Å². The molecule has 0 aliphatic carbocycles. The molecule has 10 nitrogen and oxygen atoms in total. The Morgan fingerprint density at radius 3 is 2.12 bits per heavy atom. The van der Waals surface area contributed by atoms with Crippen LogP contribution in [0.3, 0.4) is 0 Å². The fourth-order valence-corrected chi connectivity index (χ4v) is 3.49. The molecular weight excluding hydrogens is 526 g/mol. The van der Waals surface area contributed by atoms with Gasteiger partial charge in [-0.05, 0) is 31.2 Å². The maximum Gasteiger partial charge on any atom is 0.305 e. The summed E-state index contributed by atoms with van der Waals surface area (Å²) in [7, 11) is 1.32. The lowest BCUT2D eigenvalue weighted by atomic mass is 9.97. The standard InChI is InChI=1S/C28H42F2N4O6/c1-18(26(38)31-16-19-12-13-20(29)14-21(19)30)33-27(39)22(15-24(36)32-17-28(2,3)4)34-23(35)10-8-6-7-9-11-25(37)40-5/h12-14,18,22H,6-11,15-17H2,1-5H3,(H,31,38)(H,32,36)(H,33,39)(H,34,35)/t18-,22-/m0/s1. The van der Waals surface area contributed by atoms with E-state index in [0.29, 0.717) is 38.3 Å². The molecule has 12 heteroatoms. The maximum absolute atomic E-state index is 13.8. The van der Waals surface area contributed by atoms with Crippen LogP contribution in [0.1, 0.15) is 78.2 Å². The minimum atomic E-state index is -1.23. The van der Waals surface area contributed by atoms with Gasteiger partial charge in [-0.1, -0.05) is 39.7 Å². The zero-order valence-electron chi connectivity index (χ0n) is 24.0. The number of halogens is 2. The number of methoxy groups -OCH3 is 1. The van der Waals surface area contributed by atoms with Crippen molar-refractivity contribution in [3.05, 3.63) is 35.4 Å². The molecule has 0 aliphatic rings. The number of unbranched alkanes of at least 4 members (excludes halogenated alkanes) is 3. The van der Waals surface area contributed by atoms with Crippen molar-refractivity contribution in [3.63, 3.8) is 0 Å². The molecule has 0 spiro atoms. The molecule has 1 rings (SSSR count). The molecule has 0 fully saturated rings. The zero-order chi connectivity index (χ0) is 30.3. The average molecular weight is 569 g/mol. The zero-order valence-corrected chi connectivity index (χ0v) is 24.0. The van der Waals surface area contributed by atoms with E-state index in [-0.39, 0.29) is 36.3 Å². The van der Waals surface area contributed by atoms with Crippen LogP contribution < -0.4 is 21.3 Å². The van der Waals surface area contributed by atoms with Gasteiger partial charge in [0, 0.05) is 37.6 Å². The van der Waals surface area contributed by atoms with Crippen LogP contribution >= 0.6 is 0 Å². The second-order valence-electron chi connectivity index (χ2n) is 10.8. The molecule has 0 unspecified atom stereocenters. The van der Waals surface area contributed by atoms with Gasteiger partial charge >= 0.3 is 5.97 Å². The Bertz CT molecular complexity index is 1030. The summed E-state index contributed by atoms with van der Waals surface area (Å²) >= 11 is 0. The van der Waals surface area contributed by atoms with Crippen molar-refractivity contribution >= 4 is 29.6 Å². The Balaban J connectivity index is 2.70. The number of carbonyl (C=O) groups is 5. The highest BCUT2D eigenvalue weighted by atomic mass is 19.1. The number of hydrogen-bond donors (Lipinski definition) is 4. The van der Waals surface area contributed by atoms with Crippen molar-refractivity contribution in [3.8, 4) is 0 Å². The van der Waals surface area contributed by atoms with Crippen molar-refractivity contribution in [1.29, 1.82) is 0 Å². The molecular formula is C28H42F2N4O6. The number of carbonyl (C=O) groups excluding carboxylic acids is 5. The van der Waals surface area contributed by atoms with E-state index < -0.39 is 47.3 Å². The van der Waals surface area contributed by atoms with Crippen LogP contribution in [0.25, 0.3) is 0 Å². The van der Waals surface area contributed by atoms with E-state index in [1.54, 1.807) is 0 Å². The highest BCUT2D eigenvalue weighted by molar-refractivity contribution is 5.94. The van der Waals surface area contributed by atoms with E-state index >= 15 is 0 Å². The van der Waals surface area contributed by atoms with Gasteiger partial charge in [0.2, 0.25) is 23.6 Å². The van der Waals surface area contributed by atoms with Gasteiger partial charge in [-0.25, -0.2) is 8.78 Å². The predicted octanol–water partition coefficient (Wildman–Crippen LogP) is 2.64. The highest BCUT2D eigenvalue weighted by Gasteiger charge is 2.27. The number of hydrogen-bond acceptors (Lipinski definition) is 6. The van der Waals surface area contributed by atoms with Crippen molar-refractivity contribution in [2.45, 2.75) is 91.3 Å². The largest absolute Gasteiger partial charge is 0.469 e. The van der Waals surface area contributed by atoms with Crippen molar-refractivity contribution in [2.24, 2.45) is 5.41 Å². The van der Waals surface area contributed by atoms with E-state index in [2.05, 4.69) is 26.0 Å². The van der Waals surface area contributed by atoms with E-state index in [4.69, 9.17) is 0 Å². The normalized spacial score (nSPS) is 12.6. The fraction of sp³-hybridized carbons (Fsp3) is 0.607. The molecule has 2 atom stereocenters. The number of amides is 4. The summed E-state index contributed by atoms with van der Waals surface area (Å²) < 4.78 is 31.5. The van der Waals surface area contributed by atoms with Gasteiger partial charge in [0.1, 0.15) is 23.7 Å². The predicted molar refractivity (Wildman–Crippen MR) is 145 cm³/mol. The SMILES string of the molecule is COC(=O)CCCCCCC(=O)N[C@@H](CC(=O)NCC(C)(C)C)C(=O)N[C@@H](C)C(=O)NCc1ccc(F)cc1F. The molecule has 0 aliphatic heterocycles. The fourth-order valence-electron chi connectivity index (χ4n) is 3.49. The number of esters is 1. The second kappa shape index (κ2) is 17.2. The third-order valence-electron chi connectivity index (χ3n) is 5.84. The Hall–Kier alpha value is -3.57. The Labute approximate surface area is 234 Å². The van der Waals surface area contributed by atoms with Crippen LogP contribution in [-0.2, 0) is 35.3 Å². The first-order chi connectivity index (χ1) is 18.7. The molecule has 0 bridgehead atoms. The number of nitrogens with one attached hydrogen (secondary N) is 4. The van der Waals surface area contributed by atoms with Gasteiger partial charge in [0.25, 0.3) is 0 Å². The van der Waals surface area contributed by atoms with Crippen LogP contribution in [-0.4, -0.2) is 55.3 Å². The van der Waals surface area contributed by atoms with Crippen molar-refractivity contribution < 1.29 is 37.5 Å². The monoisotopic (exact) mass is 568 g/mol. The van der Waals surface area contributed by atoms with Gasteiger partial charge < -0.3 is 26.0 Å². The highest BCUT2D eigenvalue weighted by Crippen LogP contribution is 2.11. The van der Waals surface area contributed by atoms with Crippen LogP contribution in [0.4, 0.5) is 8.78 Å². The molecule has 1 aromatic rings. The topological polar surface area (TPSA) is 143 Å². The molecule has 0 saturated heterocycles. The molecule has 1 aromatic carbocycles. The lowest BCUT2D eigenvalue weighted by Crippen LogP contribution is -2.54. The molecule has 40 heavy (non-hydrogen) atoms. The van der Waals surface area contributed by atoms with Gasteiger partial charge in [-0.15, -0.1) is 0 Å². The summed E-state index contributed by atoms with van der Waals surface area (Å²) in [5.74, 6) is -4.08. The quantitative estimate of drug-likeness (QED) is 0.178. The summed E-state index contributed by atoms with van der Waals surface area (Å²) in [6, 6.07) is 0.678. The summed E-state index contributed by atoms with van der Waals surface area (Å²) in [4.78, 5) is 61.7. The molecule has 4 amide bonds. The first-order valence-electron chi connectivity index (χ1n) is 13.4. The molecule has 224 valence electrons. The van der Waals surface area contributed by atoms with Gasteiger partial charge in [-0.3, -0.25) is 24.0 Å². The minimum absolute atomic E-state index is 0.0687. The smallest absolute Gasteiger partial charge is 0.305 e. The van der Waals surface area contributed by atoms with Gasteiger partial charge in [-0.2, -0.15) is 0 Å². The summed E-state index contributed by atoms with van der Waals surface area (Å²) in [5, 5.41) is 10.3. The van der Waals surface area contributed by atoms with Crippen molar-refractivity contribution in [1.82, 2.24) is 21.3 Å². The Morgan fingerprint density at radius 1 is 0.875 bits per heavy atom. The Kier molecular flexibility index (Phi) is 14.8. The first-order valence-corrected chi connectivity index (χ1v) is 13.4. The number of ether oxygens (including phenoxy) is 1. The average Bonchev–Trinajstić information content (AvgIpc) is 2.87. The van der Waals surface area contributed by atoms with E-state index in [9.17, 15) is 32.8 Å². The molecule has 0 radical (unpaired) electrons. The molecule has 0 saturated carbocycles.